The number of nitrogens with one attached hydrogen (secondary N) is 1. The summed E-state index contributed by atoms with van der Waals surface area (Å²) in [6, 6.07) is 6.71. The van der Waals surface area contributed by atoms with Gasteiger partial charge in [0.05, 0.1) is 0 Å². The van der Waals surface area contributed by atoms with Crippen LogP contribution in [0.15, 0.2) is 39.0 Å². The van der Waals surface area contributed by atoms with Crippen LogP contribution in [0.25, 0.3) is 11.1 Å². The van der Waals surface area contributed by atoms with Crippen molar-refractivity contribution in [2.75, 3.05) is 18.4 Å². The monoisotopic (exact) mass is 433 g/mol. The topological polar surface area (TPSA) is 92.5 Å². The van der Waals surface area contributed by atoms with E-state index in [0.717, 1.165) is 24.2 Å². The summed E-state index contributed by atoms with van der Waals surface area (Å²) >= 11 is 1.12. The van der Waals surface area contributed by atoms with Gasteiger partial charge in [-0.2, -0.15) is 4.31 Å². The molecular weight excluding hydrogens is 410 g/mol. The normalized spacial score (nSPS) is 15.8. The molecule has 2 aromatic heterocycles. The van der Waals surface area contributed by atoms with Gasteiger partial charge in [0.2, 0.25) is 15.9 Å². The first-order chi connectivity index (χ1) is 13.7. The fourth-order valence-electron chi connectivity index (χ4n) is 3.25. The quantitative estimate of drug-likeness (QED) is 0.665. The van der Waals surface area contributed by atoms with Gasteiger partial charge in [0.15, 0.2) is 5.58 Å². The molecule has 0 unspecified atom stereocenters. The van der Waals surface area contributed by atoms with Crippen molar-refractivity contribution in [3.63, 3.8) is 0 Å². The van der Waals surface area contributed by atoms with E-state index in [1.54, 1.807) is 23.6 Å². The van der Waals surface area contributed by atoms with Gasteiger partial charge in [-0.05, 0) is 42.5 Å². The molecule has 7 nitrogen and oxygen atoms in total. The molecule has 3 heterocycles. The van der Waals surface area contributed by atoms with Gasteiger partial charge in [-0.15, -0.1) is 11.3 Å². The minimum absolute atomic E-state index is 0.0689. The first kappa shape index (κ1) is 20.1. The maximum Gasteiger partial charge on any atom is 0.267 e. The fourth-order valence-corrected chi connectivity index (χ4v) is 6.06. The van der Waals surface area contributed by atoms with E-state index < -0.39 is 15.9 Å². The fraction of sp³-hybridized carbons (Fsp3) is 0.400. The van der Waals surface area contributed by atoms with Crippen molar-refractivity contribution >= 4 is 44.1 Å². The van der Waals surface area contributed by atoms with E-state index in [-0.39, 0.29) is 15.2 Å². The average molecular weight is 434 g/mol. The highest BCUT2D eigenvalue weighted by Crippen LogP contribution is 2.30. The largest absolute Gasteiger partial charge is 0.440 e. The number of carbonyl (C=O) groups is 1. The number of aromatic nitrogens is 1. The van der Waals surface area contributed by atoms with E-state index >= 15 is 0 Å². The summed E-state index contributed by atoms with van der Waals surface area (Å²) in [5.41, 5.74) is 1.59. The summed E-state index contributed by atoms with van der Waals surface area (Å²) in [4.78, 5) is 17.6. The number of amides is 1. The van der Waals surface area contributed by atoms with Gasteiger partial charge in [0.1, 0.15) is 15.3 Å². The molecule has 1 aliphatic rings. The van der Waals surface area contributed by atoms with Crippen LogP contribution < -0.4 is 5.32 Å². The number of nitrogens with zero attached hydrogens (tertiary/aromatic N) is 2. The Kier molecular flexibility index (Phi) is 5.00. The minimum atomic E-state index is -3.66. The molecule has 1 N–H and O–H groups in total. The lowest BCUT2D eigenvalue weighted by Crippen LogP contribution is -2.29. The van der Waals surface area contributed by atoms with Gasteiger partial charge in [-0.25, -0.2) is 13.4 Å². The molecule has 154 valence electrons. The molecule has 0 radical (unpaired) electrons. The Balaban J connectivity index is 1.60. The van der Waals surface area contributed by atoms with E-state index in [2.05, 4.69) is 10.3 Å². The molecule has 1 aliphatic heterocycles. The number of hydrogen-bond donors (Lipinski definition) is 1. The van der Waals surface area contributed by atoms with Gasteiger partial charge in [0.25, 0.3) is 5.91 Å². The summed E-state index contributed by atoms with van der Waals surface area (Å²) < 4.78 is 33.0. The van der Waals surface area contributed by atoms with Crippen LogP contribution in [-0.4, -0.2) is 36.7 Å². The molecule has 1 aromatic carbocycles. The molecule has 0 atom stereocenters. The van der Waals surface area contributed by atoms with Crippen molar-refractivity contribution in [2.45, 2.75) is 43.9 Å². The Morgan fingerprint density at radius 1 is 1.21 bits per heavy atom. The van der Waals surface area contributed by atoms with Crippen molar-refractivity contribution < 1.29 is 17.6 Å². The Morgan fingerprint density at radius 2 is 1.93 bits per heavy atom. The predicted molar refractivity (Wildman–Crippen MR) is 113 cm³/mol. The van der Waals surface area contributed by atoms with Crippen LogP contribution in [0, 0.1) is 0 Å². The SMILES string of the molecule is CC(C)(C)c1nc2cc(NC(=O)c3sccc3S(=O)(=O)N3CCCC3)ccc2o1. The molecule has 29 heavy (non-hydrogen) atoms. The number of benzene rings is 1. The minimum Gasteiger partial charge on any atom is -0.440 e. The Morgan fingerprint density at radius 3 is 2.62 bits per heavy atom. The van der Waals surface area contributed by atoms with Crippen molar-refractivity contribution in [2.24, 2.45) is 0 Å². The van der Waals surface area contributed by atoms with Crippen molar-refractivity contribution in [3.05, 3.63) is 40.4 Å². The second-order valence-corrected chi connectivity index (χ2v) is 11.0. The van der Waals surface area contributed by atoms with Crippen molar-refractivity contribution in [1.82, 2.24) is 9.29 Å². The number of thiophene rings is 1. The molecule has 1 amide bonds. The van der Waals surface area contributed by atoms with Crippen LogP contribution in [0.1, 0.15) is 49.2 Å². The number of sulfonamides is 1. The predicted octanol–water partition coefficient (Wildman–Crippen LogP) is 4.22. The lowest BCUT2D eigenvalue weighted by Gasteiger charge is -2.15. The van der Waals surface area contributed by atoms with E-state index in [1.165, 1.54) is 10.4 Å². The van der Waals surface area contributed by atoms with Crippen LogP contribution in [0.4, 0.5) is 5.69 Å². The smallest absolute Gasteiger partial charge is 0.267 e. The van der Waals surface area contributed by atoms with Crippen LogP contribution in [0.2, 0.25) is 0 Å². The third kappa shape index (κ3) is 3.82. The molecule has 1 saturated heterocycles. The number of anilines is 1. The highest BCUT2D eigenvalue weighted by Gasteiger charge is 2.32. The van der Waals surface area contributed by atoms with Crippen molar-refractivity contribution in [1.29, 1.82) is 0 Å². The van der Waals surface area contributed by atoms with Gasteiger partial charge in [0, 0.05) is 24.2 Å². The molecule has 3 aromatic rings. The van der Waals surface area contributed by atoms with E-state index in [0.29, 0.717) is 35.8 Å². The second-order valence-electron chi connectivity index (χ2n) is 8.13. The summed E-state index contributed by atoms with van der Waals surface area (Å²) in [5.74, 6) is 0.171. The second kappa shape index (κ2) is 7.23. The Labute approximate surface area is 173 Å². The standard InChI is InChI=1S/C20H23N3O4S2/c1-20(2,3)19-22-14-12-13(6-7-15(14)27-19)21-18(24)17-16(8-11-28-17)29(25,26)23-9-4-5-10-23/h6-8,11-12H,4-5,9-10H2,1-3H3,(H,21,24). The van der Waals surface area contributed by atoms with Crippen LogP contribution in [0.5, 0.6) is 0 Å². The lowest BCUT2D eigenvalue weighted by molar-refractivity contribution is 0.102. The number of rotatable bonds is 4. The van der Waals surface area contributed by atoms with E-state index in [4.69, 9.17) is 4.42 Å². The summed E-state index contributed by atoms with van der Waals surface area (Å²) in [5, 5.41) is 4.43. The molecule has 0 spiro atoms. The molecule has 0 aliphatic carbocycles. The number of carbonyl (C=O) groups excluding carboxylic acids is 1. The van der Waals surface area contributed by atoms with Gasteiger partial charge >= 0.3 is 0 Å². The maximum atomic E-state index is 12.9. The third-order valence-electron chi connectivity index (χ3n) is 4.81. The number of oxazole rings is 1. The molecule has 1 fully saturated rings. The number of fused-ring (bicyclic) bond motifs is 1. The highest BCUT2D eigenvalue weighted by atomic mass is 32.2. The van der Waals surface area contributed by atoms with Gasteiger partial charge in [-0.3, -0.25) is 4.79 Å². The molecule has 0 saturated carbocycles. The zero-order chi connectivity index (χ0) is 20.8. The van der Waals surface area contributed by atoms with Crippen LogP contribution >= 0.6 is 11.3 Å². The maximum absolute atomic E-state index is 12.9. The lowest BCUT2D eigenvalue weighted by atomic mass is 9.97. The summed E-state index contributed by atoms with van der Waals surface area (Å²) in [6.07, 6.45) is 1.69. The van der Waals surface area contributed by atoms with Gasteiger partial charge in [-0.1, -0.05) is 20.8 Å². The van der Waals surface area contributed by atoms with E-state index in [1.807, 2.05) is 20.8 Å². The first-order valence-corrected chi connectivity index (χ1v) is 11.8. The van der Waals surface area contributed by atoms with Crippen molar-refractivity contribution in [3.8, 4) is 0 Å². The zero-order valence-electron chi connectivity index (χ0n) is 16.6. The van der Waals surface area contributed by atoms with Crippen LogP contribution in [0.3, 0.4) is 0 Å². The average Bonchev–Trinajstić information content (AvgIpc) is 3.39. The van der Waals surface area contributed by atoms with E-state index in [9.17, 15) is 13.2 Å². The van der Waals surface area contributed by atoms with Crippen LogP contribution in [-0.2, 0) is 15.4 Å². The molecule has 9 heteroatoms. The summed E-state index contributed by atoms with van der Waals surface area (Å²) in [7, 11) is -3.66. The Bertz CT molecular complexity index is 1170. The van der Waals surface area contributed by atoms with Gasteiger partial charge < -0.3 is 9.73 Å². The number of hydrogen-bond acceptors (Lipinski definition) is 6. The molecule has 0 bridgehead atoms. The third-order valence-corrected chi connectivity index (χ3v) is 7.79. The molecular formula is C20H23N3O4S2. The highest BCUT2D eigenvalue weighted by molar-refractivity contribution is 7.89. The molecule has 4 rings (SSSR count). The summed E-state index contributed by atoms with van der Waals surface area (Å²) in [6.45, 7) is 7.04. The zero-order valence-corrected chi connectivity index (χ0v) is 18.2. The first-order valence-electron chi connectivity index (χ1n) is 9.46. The Hall–Kier alpha value is -2.23.